The average Bonchev–Trinajstić information content (AvgIpc) is 1.98. The number of rotatable bonds is 5. The van der Waals surface area contributed by atoms with E-state index in [0.29, 0.717) is 0 Å². The van der Waals surface area contributed by atoms with E-state index in [4.69, 9.17) is 5.11 Å². The maximum atomic E-state index is 11.6. The number of alkyl halides is 3. The molecule has 0 aromatic carbocycles. The average molecular weight is 213 g/mol. The molecule has 0 aliphatic rings. The van der Waals surface area contributed by atoms with Crippen LogP contribution in [0.1, 0.15) is 19.3 Å². The number of carbonyl (C=O) groups is 2. The lowest BCUT2D eigenvalue weighted by molar-refractivity contribution is -0.140. The van der Waals surface area contributed by atoms with Gasteiger partial charge in [-0.2, -0.15) is 13.2 Å². The number of hydrogen-bond donors (Lipinski definition) is 2. The maximum Gasteiger partial charge on any atom is 0.390 e. The Morgan fingerprint density at radius 2 is 1.79 bits per heavy atom. The van der Waals surface area contributed by atoms with E-state index in [2.05, 4.69) is 0 Å². The van der Waals surface area contributed by atoms with Crippen molar-refractivity contribution in [3.05, 3.63) is 0 Å². The van der Waals surface area contributed by atoms with Crippen LogP contribution >= 0.6 is 0 Å². The molecule has 7 heteroatoms. The molecule has 14 heavy (non-hydrogen) atoms. The minimum absolute atomic E-state index is 0.298. The van der Waals surface area contributed by atoms with Crippen LogP contribution in [0.5, 0.6) is 0 Å². The molecule has 0 atom stereocenters. The molecule has 0 rings (SSSR count). The Kier molecular flexibility index (Phi) is 4.96. The van der Waals surface area contributed by atoms with Gasteiger partial charge in [0.05, 0.1) is 12.8 Å². The summed E-state index contributed by atoms with van der Waals surface area (Å²) in [6, 6.07) is 0. The molecule has 4 nitrogen and oxygen atoms in total. The Balaban J connectivity index is 3.50. The molecule has 82 valence electrons. The first kappa shape index (κ1) is 12.7. The van der Waals surface area contributed by atoms with Crippen molar-refractivity contribution in [3.63, 3.8) is 0 Å². The largest absolute Gasteiger partial charge is 0.481 e. The lowest BCUT2D eigenvalue weighted by Gasteiger charge is -2.06. The van der Waals surface area contributed by atoms with Gasteiger partial charge in [0.2, 0.25) is 5.91 Å². The third kappa shape index (κ3) is 8.82. The van der Waals surface area contributed by atoms with Crippen LogP contribution in [0.4, 0.5) is 13.2 Å². The smallest absolute Gasteiger partial charge is 0.390 e. The second kappa shape index (κ2) is 5.46. The van der Waals surface area contributed by atoms with Crippen molar-refractivity contribution in [1.29, 1.82) is 0 Å². The number of hydrogen-bond acceptors (Lipinski definition) is 2. The van der Waals surface area contributed by atoms with Crippen molar-refractivity contribution in [3.8, 4) is 0 Å². The van der Waals surface area contributed by atoms with Crippen molar-refractivity contribution < 1.29 is 27.9 Å². The van der Waals surface area contributed by atoms with Gasteiger partial charge in [0.25, 0.3) is 0 Å². The molecule has 0 aromatic rings. The normalized spacial score (nSPS) is 11.1. The zero-order valence-corrected chi connectivity index (χ0v) is 7.23. The Labute approximate surface area is 78.1 Å². The predicted molar refractivity (Wildman–Crippen MR) is 40.6 cm³/mol. The van der Waals surface area contributed by atoms with Gasteiger partial charge < -0.3 is 10.4 Å². The van der Waals surface area contributed by atoms with Gasteiger partial charge in [0.1, 0.15) is 0 Å². The van der Waals surface area contributed by atoms with E-state index in [1.54, 1.807) is 0 Å². The van der Waals surface area contributed by atoms with Gasteiger partial charge >= 0.3 is 12.1 Å². The van der Waals surface area contributed by atoms with Gasteiger partial charge in [0, 0.05) is 13.0 Å². The number of amides is 1. The molecule has 0 aliphatic carbocycles. The summed E-state index contributed by atoms with van der Waals surface area (Å²) in [4.78, 5) is 20.7. The molecule has 0 aliphatic heterocycles. The SMILES string of the molecule is O=C(O)CCC(=O)NCCC(F)(F)F. The summed E-state index contributed by atoms with van der Waals surface area (Å²) in [6.07, 6.45) is -6.09. The van der Waals surface area contributed by atoms with E-state index in [1.807, 2.05) is 5.32 Å². The van der Waals surface area contributed by atoms with Gasteiger partial charge in [0.15, 0.2) is 0 Å². The van der Waals surface area contributed by atoms with Crippen LogP contribution < -0.4 is 5.32 Å². The fraction of sp³-hybridized carbons (Fsp3) is 0.714. The molecule has 0 saturated heterocycles. The van der Waals surface area contributed by atoms with Crippen LogP contribution in [-0.2, 0) is 9.59 Å². The molecule has 1 amide bonds. The molecular weight excluding hydrogens is 203 g/mol. The number of aliphatic carboxylic acids is 1. The number of nitrogens with one attached hydrogen (secondary N) is 1. The molecule has 0 radical (unpaired) electrons. The van der Waals surface area contributed by atoms with Crippen LogP contribution in [0, 0.1) is 0 Å². The molecule has 0 bridgehead atoms. The van der Waals surface area contributed by atoms with Gasteiger partial charge in [-0.15, -0.1) is 0 Å². The highest BCUT2D eigenvalue weighted by atomic mass is 19.4. The number of carboxylic acid groups (broad SMARTS) is 1. The topological polar surface area (TPSA) is 66.4 Å². The fourth-order valence-corrected chi connectivity index (χ4v) is 0.653. The van der Waals surface area contributed by atoms with Crippen molar-refractivity contribution >= 4 is 11.9 Å². The monoisotopic (exact) mass is 213 g/mol. The fourth-order valence-electron chi connectivity index (χ4n) is 0.653. The Bertz CT molecular complexity index is 215. The summed E-state index contributed by atoms with van der Waals surface area (Å²) in [5.41, 5.74) is 0. The number of carbonyl (C=O) groups excluding carboxylic acids is 1. The molecular formula is C7H10F3NO3. The quantitative estimate of drug-likeness (QED) is 0.713. The van der Waals surface area contributed by atoms with E-state index in [0.717, 1.165) is 0 Å². The minimum Gasteiger partial charge on any atom is -0.481 e. The molecule has 0 heterocycles. The van der Waals surface area contributed by atoms with Gasteiger partial charge in [-0.1, -0.05) is 0 Å². The van der Waals surface area contributed by atoms with Crippen molar-refractivity contribution in [1.82, 2.24) is 5.32 Å². The summed E-state index contributed by atoms with van der Waals surface area (Å²) >= 11 is 0. The standard InChI is InChI=1S/C7H10F3NO3/c8-7(9,10)3-4-11-5(12)1-2-6(13)14/h1-4H2,(H,11,12)(H,13,14). The molecule has 0 unspecified atom stereocenters. The van der Waals surface area contributed by atoms with Gasteiger partial charge in [-0.25, -0.2) is 0 Å². The number of halogens is 3. The van der Waals surface area contributed by atoms with Crippen molar-refractivity contribution in [2.75, 3.05) is 6.54 Å². The Morgan fingerprint density at radius 3 is 2.21 bits per heavy atom. The van der Waals surface area contributed by atoms with E-state index in [9.17, 15) is 22.8 Å². The highest BCUT2D eigenvalue weighted by molar-refractivity contribution is 5.80. The molecule has 2 N–H and O–H groups in total. The summed E-state index contributed by atoms with van der Waals surface area (Å²) in [7, 11) is 0. The van der Waals surface area contributed by atoms with Gasteiger partial charge in [-0.05, 0) is 0 Å². The first-order valence-electron chi connectivity index (χ1n) is 3.86. The van der Waals surface area contributed by atoms with Crippen LogP contribution in [0.25, 0.3) is 0 Å². The third-order valence-corrected chi connectivity index (χ3v) is 1.30. The van der Waals surface area contributed by atoms with Crippen molar-refractivity contribution in [2.45, 2.75) is 25.4 Å². The molecule has 0 spiro atoms. The van der Waals surface area contributed by atoms with Crippen molar-refractivity contribution in [2.24, 2.45) is 0 Å². The zero-order valence-electron chi connectivity index (χ0n) is 7.23. The van der Waals surface area contributed by atoms with E-state index >= 15 is 0 Å². The van der Waals surface area contributed by atoms with Crippen LogP contribution in [0.3, 0.4) is 0 Å². The van der Waals surface area contributed by atoms with E-state index in [-0.39, 0.29) is 12.8 Å². The highest BCUT2D eigenvalue weighted by Crippen LogP contribution is 2.18. The first-order valence-corrected chi connectivity index (χ1v) is 3.86. The zero-order chi connectivity index (χ0) is 11.2. The third-order valence-electron chi connectivity index (χ3n) is 1.30. The number of carboxylic acids is 1. The van der Waals surface area contributed by atoms with Gasteiger partial charge in [-0.3, -0.25) is 9.59 Å². The molecule has 0 saturated carbocycles. The second-order valence-electron chi connectivity index (χ2n) is 2.61. The molecule has 0 aromatic heterocycles. The Morgan fingerprint density at radius 1 is 1.21 bits per heavy atom. The summed E-state index contributed by atoms with van der Waals surface area (Å²) in [5, 5.41) is 10.1. The predicted octanol–water partition coefficient (Wildman–Crippen LogP) is 0.920. The maximum absolute atomic E-state index is 11.6. The van der Waals surface area contributed by atoms with Crippen LogP contribution in [0.2, 0.25) is 0 Å². The lowest BCUT2D eigenvalue weighted by Crippen LogP contribution is -2.28. The second-order valence-corrected chi connectivity index (χ2v) is 2.61. The Hall–Kier alpha value is -1.27. The molecule has 0 fully saturated rings. The van der Waals surface area contributed by atoms with E-state index in [1.165, 1.54) is 0 Å². The van der Waals surface area contributed by atoms with Crippen LogP contribution in [0.15, 0.2) is 0 Å². The lowest BCUT2D eigenvalue weighted by atomic mass is 10.3. The summed E-state index contributed by atoms with van der Waals surface area (Å²) in [5.74, 6) is -1.84. The minimum atomic E-state index is -4.31. The summed E-state index contributed by atoms with van der Waals surface area (Å²) < 4.78 is 34.7. The van der Waals surface area contributed by atoms with E-state index < -0.39 is 31.0 Å². The first-order chi connectivity index (χ1) is 6.31. The van der Waals surface area contributed by atoms with Crippen LogP contribution in [-0.4, -0.2) is 29.7 Å². The summed E-state index contributed by atoms with van der Waals surface area (Å²) in [6.45, 7) is -0.512. The highest BCUT2D eigenvalue weighted by Gasteiger charge is 2.26.